The Morgan fingerprint density at radius 1 is 0.952 bits per heavy atom. The van der Waals surface area contributed by atoms with E-state index in [1.54, 1.807) is 30.3 Å². The Morgan fingerprint density at radius 3 is 2.43 bits per heavy atom. The van der Waals surface area contributed by atoms with Gasteiger partial charge in [0.1, 0.15) is 0 Å². The Labute approximate surface area is 119 Å². The first-order valence-electron chi connectivity index (χ1n) is 6.27. The number of benzene rings is 2. The SMILES string of the molecule is O=C(O)c1ccccc1Cc1cccc2c1C(=O)OC2=O. The van der Waals surface area contributed by atoms with Gasteiger partial charge in [0, 0.05) is 0 Å². The molecular weight excluding hydrogens is 272 g/mol. The second-order valence-corrected chi connectivity index (χ2v) is 4.66. The van der Waals surface area contributed by atoms with Crippen molar-refractivity contribution < 1.29 is 24.2 Å². The van der Waals surface area contributed by atoms with Crippen molar-refractivity contribution in [2.24, 2.45) is 0 Å². The highest BCUT2D eigenvalue weighted by Gasteiger charge is 2.32. The second-order valence-electron chi connectivity index (χ2n) is 4.66. The molecule has 1 heterocycles. The summed E-state index contributed by atoms with van der Waals surface area (Å²) in [6.45, 7) is 0. The van der Waals surface area contributed by atoms with E-state index in [1.165, 1.54) is 12.1 Å². The van der Waals surface area contributed by atoms with Crippen LogP contribution in [0.5, 0.6) is 0 Å². The quantitative estimate of drug-likeness (QED) is 0.690. The minimum absolute atomic E-state index is 0.174. The van der Waals surface area contributed by atoms with Crippen LogP contribution >= 0.6 is 0 Å². The molecule has 0 radical (unpaired) electrons. The maximum atomic E-state index is 11.7. The molecule has 5 heteroatoms. The Balaban J connectivity index is 2.07. The number of cyclic esters (lactones) is 2. The number of carboxylic acid groups (broad SMARTS) is 1. The molecule has 5 nitrogen and oxygen atoms in total. The van der Waals surface area contributed by atoms with E-state index >= 15 is 0 Å². The summed E-state index contributed by atoms with van der Waals surface area (Å²) in [7, 11) is 0. The molecule has 2 aromatic rings. The van der Waals surface area contributed by atoms with Crippen LogP contribution in [-0.4, -0.2) is 23.0 Å². The molecule has 1 aliphatic rings. The van der Waals surface area contributed by atoms with Gasteiger partial charge in [0.25, 0.3) is 0 Å². The fraction of sp³-hybridized carbons (Fsp3) is 0.0625. The Bertz CT molecular complexity index is 776. The monoisotopic (exact) mass is 282 g/mol. The predicted molar refractivity (Wildman–Crippen MR) is 72.4 cm³/mol. The maximum Gasteiger partial charge on any atom is 0.347 e. The Hall–Kier alpha value is -2.95. The van der Waals surface area contributed by atoms with Gasteiger partial charge in [-0.1, -0.05) is 30.3 Å². The van der Waals surface area contributed by atoms with E-state index in [1.807, 2.05) is 0 Å². The van der Waals surface area contributed by atoms with Crippen LogP contribution in [0.15, 0.2) is 42.5 Å². The van der Waals surface area contributed by atoms with Crippen molar-refractivity contribution in [2.75, 3.05) is 0 Å². The molecule has 0 saturated heterocycles. The van der Waals surface area contributed by atoms with Crippen LogP contribution in [0.2, 0.25) is 0 Å². The van der Waals surface area contributed by atoms with Crippen LogP contribution in [0.4, 0.5) is 0 Å². The van der Waals surface area contributed by atoms with Gasteiger partial charge in [-0.2, -0.15) is 0 Å². The Morgan fingerprint density at radius 2 is 1.67 bits per heavy atom. The van der Waals surface area contributed by atoms with Crippen molar-refractivity contribution >= 4 is 17.9 Å². The molecule has 0 aromatic heterocycles. The highest BCUT2D eigenvalue weighted by Crippen LogP contribution is 2.26. The number of aromatic carboxylic acids is 1. The van der Waals surface area contributed by atoms with E-state index < -0.39 is 17.9 Å². The summed E-state index contributed by atoms with van der Waals surface area (Å²) in [5.74, 6) is -2.38. The number of carbonyl (C=O) groups excluding carboxylic acids is 2. The van der Waals surface area contributed by atoms with E-state index in [2.05, 4.69) is 4.74 Å². The van der Waals surface area contributed by atoms with Crippen molar-refractivity contribution in [3.8, 4) is 0 Å². The van der Waals surface area contributed by atoms with Gasteiger partial charge < -0.3 is 9.84 Å². The number of rotatable bonds is 3. The average molecular weight is 282 g/mol. The molecular formula is C16H10O5. The van der Waals surface area contributed by atoms with Crippen molar-refractivity contribution in [1.29, 1.82) is 0 Å². The molecule has 1 aliphatic heterocycles. The van der Waals surface area contributed by atoms with Crippen LogP contribution in [0.3, 0.4) is 0 Å². The van der Waals surface area contributed by atoms with Gasteiger partial charge in [-0.05, 0) is 29.7 Å². The number of carboxylic acids is 1. The second kappa shape index (κ2) is 4.86. The number of carbonyl (C=O) groups is 3. The summed E-state index contributed by atoms with van der Waals surface area (Å²) in [6.07, 6.45) is 0.244. The summed E-state index contributed by atoms with van der Waals surface area (Å²) < 4.78 is 4.59. The smallest absolute Gasteiger partial charge is 0.347 e. The first-order chi connectivity index (χ1) is 10.1. The predicted octanol–water partition coefficient (Wildman–Crippen LogP) is 2.29. The van der Waals surface area contributed by atoms with Crippen molar-refractivity contribution in [2.45, 2.75) is 6.42 Å². The average Bonchev–Trinajstić information content (AvgIpc) is 2.75. The zero-order chi connectivity index (χ0) is 15.0. The third-order valence-corrected chi connectivity index (χ3v) is 3.39. The van der Waals surface area contributed by atoms with Gasteiger partial charge in [0.2, 0.25) is 0 Å². The van der Waals surface area contributed by atoms with Crippen molar-refractivity contribution in [3.63, 3.8) is 0 Å². The standard InChI is InChI=1S/C16H10O5/c17-14(18)11-6-2-1-4-9(11)8-10-5-3-7-12-13(10)16(20)21-15(12)19/h1-7H,8H2,(H,17,18). The minimum Gasteiger partial charge on any atom is -0.478 e. The lowest BCUT2D eigenvalue weighted by Crippen LogP contribution is -2.06. The molecule has 0 atom stereocenters. The van der Waals surface area contributed by atoms with E-state index in [4.69, 9.17) is 0 Å². The molecule has 1 N–H and O–H groups in total. The zero-order valence-electron chi connectivity index (χ0n) is 10.8. The third kappa shape index (κ3) is 2.18. The van der Waals surface area contributed by atoms with Crippen LogP contribution < -0.4 is 0 Å². The van der Waals surface area contributed by atoms with Crippen molar-refractivity contribution in [3.05, 3.63) is 70.3 Å². The molecule has 21 heavy (non-hydrogen) atoms. The summed E-state index contributed by atoms with van der Waals surface area (Å²) in [6, 6.07) is 11.4. The molecule has 0 saturated carbocycles. The number of hydrogen-bond donors (Lipinski definition) is 1. The lowest BCUT2D eigenvalue weighted by molar-refractivity contribution is 0.0443. The number of ether oxygens (including phenoxy) is 1. The molecule has 0 aliphatic carbocycles. The number of esters is 2. The van der Waals surface area contributed by atoms with E-state index in [-0.39, 0.29) is 23.1 Å². The zero-order valence-corrected chi connectivity index (χ0v) is 10.8. The molecule has 0 bridgehead atoms. The summed E-state index contributed by atoms with van der Waals surface area (Å²) in [5.41, 5.74) is 1.78. The molecule has 3 rings (SSSR count). The fourth-order valence-corrected chi connectivity index (χ4v) is 2.44. The van der Waals surface area contributed by atoms with Crippen LogP contribution in [0.1, 0.15) is 42.2 Å². The topological polar surface area (TPSA) is 80.7 Å². The molecule has 0 amide bonds. The van der Waals surface area contributed by atoms with Gasteiger partial charge in [-0.15, -0.1) is 0 Å². The first-order valence-corrected chi connectivity index (χ1v) is 6.27. The fourth-order valence-electron chi connectivity index (χ4n) is 2.44. The molecule has 0 fully saturated rings. The molecule has 0 spiro atoms. The summed E-state index contributed by atoms with van der Waals surface area (Å²) in [4.78, 5) is 34.5. The van der Waals surface area contributed by atoms with Crippen LogP contribution in [-0.2, 0) is 11.2 Å². The molecule has 104 valence electrons. The van der Waals surface area contributed by atoms with Crippen LogP contribution in [0.25, 0.3) is 0 Å². The lowest BCUT2D eigenvalue weighted by Gasteiger charge is -2.08. The largest absolute Gasteiger partial charge is 0.478 e. The normalized spacial score (nSPS) is 13.0. The van der Waals surface area contributed by atoms with Crippen molar-refractivity contribution in [1.82, 2.24) is 0 Å². The molecule has 0 unspecified atom stereocenters. The summed E-state index contributed by atoms with van der Waals surface area (Å²) >= 11 is 0. The highest BCUT2D eigenvalue weighted by atomic mass is 16.6. The number of hydrogen-bond acceptors (Lipinski definition) is 4. The van der Waals surface area contributed by atoms with Gasteiger partial charge in [0.05, 0.1) is 16.7 Å². The van der Waals surface area contributed by atoms with E-state index in [9.17, 15) is 19.5 Å². The molecule has 2 aromatic carbocycles. The van der Waals surface area contributed by atoms with Gasteiger partial charge in [-0.3, -0.25) is 0 Å². The Kier molecular flexibility index (Phi) is 3.02. The van der Waals surface area contributed by atoms with E-state index in [0.717, 1.165) is 0 Å². The van der Waals surface area contributed by atoms with Gasteiger partial charge in [0.15, 0.2) is 0 Å². The van der Waals surface area contributed by atoms with Gasteiger partial charge >= 0.3 is 17.9 Å². The third-order valence-electron chi connectivity index (χ3n) is 3.39. The van der Waals surface area contributed by atoms with Crippen LogP contribution in [0, 0.1) is 0 Å². The maximum absolute atomic E-state index is 11.7. The number of fused-ring (bicyclic) bond motifs is 1. The minimum atomic E-state index is -1.03. The lowest BCUT2D eigenvalue weighted by atomic mass is 9.94. The highest BCUT2D eigenvalue weighted by molar-refractivity contribution is 6.15. The summed E-state index contributed by atoms with van der Waals surface area (Å²) in [5, 5.41) is 9.19. The van der Waals surface area contributed by atoms with E-state index in [0.29, 0.717) is 11.1 Å². The first kappa shape index (κ1) is 13.1. The van der Waals surface area contributed by atoms with Gasteiger partial charge in [-0.25, -0.2) is 14.4 Å².